The number of allylic oxidation sites excluding steroid dienone is 1. The summed E-state index contributed by atoms with van der Waals surface area (Å²) in [5.74, 6) is -2.58. The maximum Gasteiger partial charge on any atom is 0.326 e. The summed E-state index contributed by atoms with van der Waals surface area (Å²) in [4.78, 5) is 64.3. The third kappa shape index (κ3) is 10.1. The van der Waals surface area contributed by atoms with Gasteiger partial charge in [-0.1, -0.05) is 111 Å². The third-order valence-corrected chi connectivity index (χ3v) is 9.92. The zero-order valence-electron chi connectivity index (χ0n) is 28.9. The molecule has 3 aromatic carbocycles. The summed E-state index contributed by atoms with van der Waals surface area (Å²) in [7, 11) is 0. The molecular formula is C39H46N4O6S. The largest absolute Gasteiger partial charge is 0.456 e. The number of cyclic esters (lactones) is 1. The Morgan fingerprint density at radius 2 is 1.24 bits per heavy atom. The van der Waals surface area contributed by atoms with Crippen LogP contribution in [0.4, 0.5) is 0 Å². The van der Waals surface area contributed by atoms with Gasteiger partial charge < -0.3 is 26.0 Å². The summed E-state index contributed by atoms with van der Waals surface area (Å²) in [6.07, 6.45) is 2.95. The van der Waals surface area contributed by atoms with E-state index in [1.54, 1.807) is 31.7 Å². The van der Waals surface area contributed by atoms with E-state index in [2.05, 4.69) is 57.7 Å². The SMILES string of the molecule is CC(C)[C@H]1NC(=O)[C@@H](C)NC(=O)[C@@H](C)NC(=O)C[C@@H](/C=C/CCSC(c2ccccc2)(c2ccccc2)c2ccccc2)OC(=O)CNC1=O. The minimum atomic E-state index is -0.966. The monoisotopic (exact) mass is 698 g/mol. The molecule has 4 amide bonds. The highest BCUT2D eigenvalue weighted by Gasteiger charge is 2.36. The van der Waals surface area contributed by atoms with Crippen LogP contribution in [-0.2, 0) is 33.5 Å². The normalized spacial score (nSPS) is 21.6. The molecule has 4 N–H and O–H groups in total. The lowest BCUT2D eigenvalue weighted by atomic mass is 9.84. The van der Waals surface area contributed by atoms with Gasteiger partial charge in [-0.05, 0) is 54.7 Å². The summed E-state index contributed by atoms with van der Waals surface area (Å²) in [5.41, 5.74) is 3.43. The summed E-state index contributed by atoms with van der Waals surface area (Å²) in [6, 6.07) is 28.2. The molecule has 0 saturated carbocycles. The summed E-state index contributed by atoms with van der Waals surface area (Å²) in [5, 5.41) is 10.3. The van der Waals surface area contributed by atoms with Crippen LogP contribution in [0.3, 0.4) is 0 Å². The van der Waals surface area contributed by atoms with Crippen molar-refractivity contribution in [3.05, 3.63) is 120 Å². The lowest BCUT2D eigenvalue weighted by molar-refractivity contribution is -0.148. The van der Waals surface area contributed by atoms with Crippen molar-refractivity contribution in [2.24, 2.45) is 5.92 Å². The average Bonchev–Trinajstić information content (AvgIpc) is 3.11. The Morgan fingerprint density at radius 1 is 0.740 bits per heavy atom. The minimum absolute atomic E-state index is 0.242. The van der Waals surface area contributed by atoms with Crippen molar-refractivity contribution >= 4 is 41.4 Å². The number of rotatable bonds is 9. The van der Waals surface area contributed by atoms with Crippen LogP contribution in [0.25, 0.3) is 0 Å². The predicted octanol–water partition coefficient (Wildman–Crippen LogP) is 4.24. The van der Waals surface area contributed by atoms with Gasteiger partial charge in [-0.25, -0.2) is 0 Å². The second-order valence-corrected chi connectivity index (χ2v) is 13.9. The van der Waals surface area contributed by atoms with Gasteiger partial charge in [-0.2, -0.15) is 0 Å². The first kappa shape index (κ1) is 37.9. The molecule has 0 radical (unpaired) electrons. The van der Waals surface area contributed by atoms with Crippen molar-refractivity contribution in [1.82, 2.24) is 21.3 Å². The fourth-order valence-corrected chi connectivity index (χ4v) is 7.16. The molecule has 264 valence electrons. The average molecular weight is 699 g/mol. The van der Waals surface area contributed by atoms with Crippen LogP contribution in [0.1, 0.15) is 57.2 Å². The van der Waals surface area contributed by atoms with Gasteiger partial charge in [0.1, 0.15) is 30.8 Å². The Labute approximate surface area is 298 Å². The molecule has 1 aliphatic heterocycles. The third-order valence-electron chi connectivity index (χ3n) is 8.34. The minimum Gasteiger partial charge on any atom is -0.456 e. The highest BCUT2D eigenvalue weighted by molar-refractivity contribution is 8.00. The van der Waals surface area contributed by atoms with Gasteiger partial charge in [0, 0.05) is 0 Å². The van der Waals surface area contributed by atoms with E-state index in [0.717, 1.165) is 16.7 Å². The van der Waals surface area contributed by atoms with E-state index in [1.165, 1.54) is 13.8 Å². The maximum absolute atomic E-state index is 13.0. The topological polar surface area (TPSA) is 143 Å². The molecular weight excluding hydrogens is 653 g/mol. The molecule has 0 spiro atoms. The number of esters is 1. The number of hydrogen-bond donors (Lipinski definition) is 4. The Hall–Kier alpha value is -4.90. The zero-order chi connectivity index (χ0) is 36.1. The molecule has 1 fully saturated rings. The Kier molecular flexibility index (Phi) is 13.8. The van der Waals surface area contributed by atoms with Crippen LogP contribution >= 0.6 is 11.8 Å². The highest BCUT2D eigenvalue weighted by atomic mass is 32.2. The van der Waals surface area contributed by atoms with Gasteiger partial charge in [0.2, 0.25) is 23.6 Å². The fraction of sp³-hybridized carbons (Fsp3) is 0.359. The van der Waals surface area contributed by atoms with Gasteiger partial charge in [-0.15, -0.1) is 11.8 Å². The number of carbonyl (C=O) groups is 5. The van der Waals surface area contributed by atoms with Crippen molar-refractivity contribution in [3.8, 4) is 0 Å². The van der Waals surface area contributed by atoms with Gasteiger partial charge in [0.05, 0.1) is 11.2 Å². The number of benzene rings is 3. The van der Waals surface area contributed by atoms with Gasteiger partial charge >= 0.3 is 5.97 Å². The van der Waals surface area contributed by atoms with E-state index in [1.807, 2.05) is 60.7 Å². The first-order valence-corrected chi connectivity index (χ1v) is 17.8. The molecule has 4 rings (SSSR count). The number of carbonyl (C=O) groups excluding carboxylic acids is 5. The molecule has 3 aromatic rings. The second kappa shape index (κ2) is 18.2. The van der Waals surface area contributed by atoms with Crippen molar-refractivity contribution in [2.45, 2.75) is 69.5 Å². The first-order chi connectivity index (χ1) is 24.0. The van der Waals surface area contributed by atoms with E-state index >= 15 is 0 Å². The van der Waals surface area contributed by atoms with Crippen LogP contribution in [-0.4, -0.2) is 66.1 Å². The number of amides is 4. The van der Waals surface area contributed by atoms with Crippen LogP contribution < -0.4 is 21.3 Å². The molecule has 11 heteroatoms. The lowest BCUT2D eigenvalue weighted by Crippen LogP contribution is -2.57. The molecule has 50 heavy (non-hydrogen) atoms. The van der Waals surface area contributed by atoms with Gasteiger partial charge in [0.25, 0.3) is 0 Å². The second-order valence-electron chi connectivity index (χ2n) is 12.5. The van der Waals surface area contributed by atoms with Crippen LogP contribution in [0.2, 0.25) is 0 Å². The van der Waals surface area contributed by atoms with Crippen LogP contribution in [0.15, 0.2) is 103 Å². The number of thioether (sulfide) groups is 1. The Balaban J connectivity index is 1.53. The highest BCUT2D eigenvalue weighted by Crippen LogP contribution is 2.48. The maximum atomic E-state index is 13.0. The molecule has 10 nitrogen and oxygen atoms in total. The molecule has 4 atom stereocenters. The summed E-state index contributed by atoms with van der Waals surface area (Å²) >= 11 is 1.79. The van der Waals surface area contributed by atoms with Crippen molar-refractivity contribution < 1.29 is 28.7 Å². The molecule has 0 aromatic heterocycles. The van der Waals surface area contributed by atoms with Crippen LogP contribution in [0.5, 0.6) is 0 Å². The van der Waals surface area contributed by atoms with E-state index in [9.17, 15) is 24.0 Å². The quantitative estimate of drug-likeness (QED) is 0.113. The van der Waals surface area contributed by atoms with Crippen molar-refractivity contribution in [2.75, 3.05) is 12.3 Å². The fourth-order valence-electron chi connectivity index (χ4n) is 5.69. The molecule has 0 bridgehead atoms. The number of ether oxygens (including phenoxy) is 1. The molecule has 1 heterocycles. The Morgan fingerprint density at radius 3 is 1.76 bits per heavy atom. The van der Waals surface area contributed by atoms with Gasteiger partial charge in [0.15, 0.2) is 0 Å². The number of hydrogen-bond acceptors (Lipinski definition) is 7. The summed E-state index contributed by atoms with van der Waals surface area (Å²) in [6.45, 7) is 6.05. The Bertz CT molecular complexity index is 1540. The van der Waals surface area contributed by atoms with E-state index in [0.29, 0.717) is 12.2 Å². The molecule has 0 unspecified atom stereocenters. The van der Waals surface area contributed by atoms with Gasteiger partial charge in [-0.3, -0.25) is 24.0 Å². The number of nitrogens with one attached hydrogen (secondary N) is 4. The molecule has 1 saturated heterocycles. The smallest absolute Gasteiger partial charge is 0.326 e. The van der Waals surface area contributed by atoms with E-state index in [4.69, 9.17) is 4.74 Å². The summed E-state index contributed by atoms with van der Waals surface area (Å²) < 4.78 is 5.13. The van der Waals surface area contributed by atoms with Crippen molar-refractivity contribution in [1.29, 1.82) is 0 Å². The predicted molar refractivity (Wildman–Crippen MR) is 195 cm³/mol. The first-order valence-electron chi connectivity index (χ1n) is 16.9. The standard InChI is InChI=1S/C39H46N4O6S/c1-26(2)35-38(48)40-25-34(45)49-32(24-33(44)41-27(3)36(46)42-28(4)37(47)43-35)22-14-15-23-50-39(29-16-8-5-9-17-29,30-18-10-6-11-19-30)31-20-12-7-13-21-31/h5-14,16-22,26-28,32,35H,15,23-25H2,1-4H3,(H,40,48)(H,41,44)(H,42,46)(H,43,47)/b22-14+/t27-,28-,32-,35-/m1/s1. The van der Waals surface area contributed by atoms with E-state index in [-0.39, 0.29) is 12.3 Å². The van der Waals surface area contributed by atoms with Crippen LogP contribution in [0, 0.1) is 5.92 Å². The molecule has 0 aliphatic carbocycles. The lowest BCUT2D eigenvalue weighted by Gasteiger charge is -2.35. The van der Waals surface area contributed by atoms with Crippen molar-refractivity contribution in [3.63, 3.8) is 0 Å². The zero-order valence-corrected chi connectivity index (χ0v) is 29.7. The van der Waals surface area contributed by atoms with E-state index < -0.39 is 65.1 Å². The molecule has 1 aliphatic rings.